The third-order valence-corrected chi connectivity index (χ3v) is 9.86. The minimum absolute atomic E-state index is 0.987. The Morgan fingerprint density at radius 1 is 0.525 bits per heavy atom. The fraction of sp³-hybridized carbons (Fsp3) is 0.222. The Morgan fingerprint density at radius 3 is 1.30 bits per heavy atom. The lowest BCUT2D eigenvalue weighted by molar-refractivity contribution is 0.828. The van der Waals surface area contributed by atoms with Crippen molar-refractivity contribution >= 4 is 94.9 Å². The van der Waals surface area contributed by atoms with Crippen LogP contribution in [-0.2, 0) is 0 Å². The zero-order chi connectivity index (χ0) is 27.9. The second kappa shape index (κ2) is 13.8. The average Bonchev–Trinajstić information content (AvgIpc) is 3.49. The molecule has 0 aliphatic carbocycles. The molecule has 200 valence electrons. The first-order chi connectivity index (χ1) is 19.6. The van der Waals surface area contributed by atoms with Crippen molar-refractivity contribution in [1.29, 1.82) is 0 Å². The van der Waals surface area contributed by atoms with E-state index in [1.807, 2.05) is 22.7 Å². The lowest BCUT2D eigenvalue weighted by Crippen LogP contribution is -1.75. The van der Waals surface area contributed by atoms with Gasteiger partial charge in [0.25, 0.3) is 0 Å². The zero-order valence-corrected chi connectivity index (χ0v) is 27.5. The van der Waals surface area contributed by atoms with Crippen LogP contribution in [0, 0.1) is 23.7 Å². The molecule has 40 heavy (non-hydrogen) atoms. The first-order valence-electron chi connectivity index (χ1n) is 13.8. The Morgan fingerprint density at radius 2 is 0.900 bits per heavy atom. The molecule has 0 bridgehead atoms. The molecule has 0 nitrogen and oxygen atoms in total. The summed E-state index contributed by atoms with van der Waals surface area (Å²) < 4.78 is 7.57. The topological polar surface area (TPSA) is 0 Å². The quantitative estimate of drug-likeness (QED) is 0.128. The van der Waals surface area contributed by atoms with Gasteiger partial charge in [-0.05, 0) is 61.4 Å². The van der Waals surface area contributed by atoms with E-state index in [0.29, 0.717) is 0 Å². The highest BCUT2D eigenvalue weighted by Gasteiger charge is 2.06. The molecule has 0 unspecified atom stereocenters. The molecule has 0 atom stereocenters. The number of benzene rings is 4. The molecule has 2 heterocycles. The van der Waals surface area contributed by atoms with Crippen LogP contribution in [0.3, 0.4) is 0 Å². The van der Waals surface area contributed by atoms with Crippen LogP contribution in [0.4, 0.5) is 0 Å². The highest BCUT2D eigenvalue weighted by molar-refractivity contribution is 9.10. The van der Waals surface area contributed by atoms with Gasteiger partial charge in [-0.3, -0.25) is 0 Å². The van der Waals surface area contributed by atoms with E-state index in [-0.39, 0.29) is 0 Å². The Hall–Kier alpha value is -2.60. The molecule has 0 radical (unpaired) electrons. The maximum absolute atomic E-state index is 3.50. The Bertz CT molecular complexity index is 1780. The van der Waals surface area contributed by atoms with Crippen molar-refractivity contribution in [2.24, 2.45) is 0 Å². The van der Waals surface area contributed by atoms with E-state index >= 15 is 0 Å². The molecule has 6 rings (SSSR count). The summed E-state index contributed by atoms with van der Waals surface area (Å²) in [5.41, 5.74) is 2.24. The highest BCUT2D eigenvalue weighted by atomic mass is 79.9. The van der Waals surface area contributed by atoms with Gasteiger partial charge in [0.05, 0.1) is 0 Å². The van der Waals surface area contributed by atoms with Crippen LogP contribution in [0.25, 0.3) is 40.3 Å². The van der Waals surface area contributed by atoms with E-state index in [1.165, 1.54) is 66.0 Å². The van der Waals surface area contributed by atoms with Gasteiger partial charge >= 0.3 is 0 Å². The van der Waals surface area contributed by atoms with Crippen LogP contribution in [0.5, 0.6) is 0 Å². The molecule has 0 spiro atoms. The predicted octanol–water partition coefficient (Wildman–Crippen LogP) is 12.7. The van der Waals surface area contributed by atoms with Gasteiger partial charge in [0.2, 0.25) is 0 Å². The predicted molar refractivity (Wildman–Crippen MR) is 187 cm³/mol. The first-order valence-corrected chi connectivity index (χ1v) is 17.0. The maximum atomic E-state index is 3.50. The zero-order valence-electron chi connectivity index (χ0n) is 22.7. The third kappa shape index (κ3) is 6.99. The number of halogens is 2. The fourth-order valence-corrected chi connectivity index (χ4v) is 7.91. The molecule has 6 aromatic rings. The molecule has 0 aliphatic heterocycles. The highest BCUT2D eigenvalue weighted by Crippen LogP contribution is 2.37. The molecular weight excluding hydrogens is 656 g/mol. The summed E-state index contributed by atoms with van der Waals surface area (Å²) in [4.78, 5) is 0. The number of thiophene rings is 2. The monoisotopic (exact) mass is 684 g/mol. The molecule has 0 saturated carbocycles. The van der Waals surface area contributed by atoms with Crippen molar-refractivity contribution < 1.29 is 0 Å². The number of hydrogen-bond donors (Lipinski definition) is 0. The van der Waals surface area contributed by atoms with Crippen molar-refractivity contribution in [2.75, 3.05) is 0 Å². The van der Waals surface area contributed by atoms with Crippen molar-refractivity contribution in [3.05, 3.63) is 92.9 Å². The second-order valence-corrected chi connectivity index (χ2v) is 13.7. The second-order valence-electron chi connectivity index (χ2n) is 9.72. The summed E-state index contributed by atoms with van der Waals surface area (Å²) in [6.45, 7) is 4.40. The van der Waals surface area contributed by atoms with Gasteiger partial charge in [-0.1, -0.05) is 106 Å². The fourth-order valence-electron chi connectivity index (χ4n) is 4.52. The van der Waals surface area contributed by atoms with E-state index in [1.54, 1.807) is 0 Å². The molecule has 2 aromatic heterocycles. The normalized spacial score (nSPS) is 10.7. The van der Waals surface area contributed by atoms with Gasteiger partial charge in [0, 0.05) is 73.3 Å². The van der Waals surface area contributed by atoms with Crippen molar-refractivity contribution in [3.63, 3.8) is 0 Å². The maximum Gasteiger partial charge on any atom is 0.0367 e. The van der Waals surface area contributed by atoms with Crippen LogP contribution < -0.4 is 0 Å². The summed E-state index contributed by atoms with van der Waals surface area (Å²) in [6.07, 6.45) is 6.74. The van der Waals surface area contributed by atoms with Gasteiger partial charge in [-0.15, -0.1) is 22.7 Å². The van der Waals surface area contributed by atoms with E-state index < -0.39 is 0 Å². The first kappa shape index (κ1) is 28.9. The van der Waals surface area contributed by atoms with E-state index in [2.05, 4.69) is 142 Å². The SMILES string of the molecule is Brc1ccc2c(c1)sc1cc(Br)ccc12.CCCCC#Cc1ccc2c(c1)sc1cc(C#CCCCC)ccc12. The van der Waals surface area contributed by atoms with Gasteiger partial charge in [0.1, 0.15) is 0 Å². The number of unbranched alkanes of at least 4 members (excludes halogenated alkanes) is 4. The van der Waals surface area contributed by atoms with Crippen molar-refractivity contribution in [3.8, 4) is 23.7 Å². The largest absolute Gasteiger partial charge is 0.135 e. The van der Waals surface area contributed by atoms with E-state index in [9.17, 15) is 0 Å². The summed E-state index contributed by atoms with van der Waals surface area (Å²) >= 11 is 10.7. The molecule has 0 amide bonds. The Kier molecular flexibility index (Phi) is 10.0. The van der Waals surface area contributed by atoms with Crippen molar-refractivity contribution in [1.82, 2.24) is 0 Å². The molecule has 0 fully saturated rings. The van der Waals surface area contributed by atoms with Gasteiger partial charge in [-0.25, -0.2) is 0 Å². The van der Waals surface area contributed by atoms with Crippen molar-refractivity contribution in [2.45, 2.75) is 52.4 Å². The molecule has 0 aliphatic rings. The van der Waals surface area contributed by atoms with Crippen LogP contribution >= 0.6 is 54.5 Å². The number of fused-ring (bicyclic) bond motifs is 6. The summed E-state index contributed by atoms with van der Waals surface area (Å²) in [5, 5.41) is 5.32. The van der Waals surface area contributed by atoms with Crippen LogP contribution in [0.2, 0.25) is 0 Å². The average molecular weight is 687 g/mol. The minimum atomic E-state index is 0.987. The molecule has 4 aromatic carbocycles. The van der Waals surface area contributed by atoms with Crippen LogP contribution in [-0.4, -0.2) is 0 Å². The summed E-state index contributed by atoms with van der Waals surface area (Å²) in [6, 6.07) is 26.1. The van der Waals surface area contributed by atoms with Crippen LogP contribution in [0.1, 0.15) is 63.5 Å². The lowest BCUT2D eigenvalue weighted by Gasteiger charge is -1.94. The molecule has 0 N–H and O–H groups in total. The molecule has 0 saturated heterocycles. The Labute approximate surface area is 262 Å². The number of rotatable bonds is 4. The van der Waals surface area contributed by atoms with Gasteiger partial charge in [0.15, 0.2) is 0 Å². The van der Waals surface area contributed by atoms with Gasteiger partial charge in [-0.2, -0.15) is 0 Å². The van der Waals surface area contributed by atoms with E-state index in [0.717, 1.165) is 32.9 Å². The molecular formula is C36H30Br2S2. The van der Waals surface area contributed by atoms with E-state index in [4.69, 9.17) is 0 Å². The third-order valence-electron chi connectivity index (χ3n) is 6.65. The molecule has 4 heteroatoms. The van der Waals surface area contributed by atoms with Crippen LogP contribution in [0.15, 0.2) is 81.7 Å². The smallest absolute Gasteiger partial charge is 0.0367 e. The summed E-state index contributed by atoms with van der Waals surface area (Å²) in [5.74, 6) is 13.2. The minimum Gasteiger partial charge on any atom is -0.135 e. The Balaban J connectivity index is 0.000000182. The lowest BCUT2D eigenvalue weighted by atomic mass is 10.1. The summed E-state index contributed by atoms with van der Waals surface area (Å²) in [7, 11) is 0. The number of hydrogen-bond acceptors (Lipinski definition) is 2. The standard InChI is InChI=1S/C24H24S.C12H6Br2S/c1-3-5-7-9-11-19-13-15-21-22-16-14-20(12-10-8-6-4-2)18-24(22)25-23(21)17-19;13-7-1-3-9-10-4-2-8(14)6-12(10)15-11(9)5-7/h13-18H,3-8H2,1-2H3;1-6H. The van der Waals surface area contributed by atoms with Gasteiger partial charge < -0.3 is 0 Å².